The minimum Gasteiger partial charge on any atom is -0.494 e. The number of aromatic nitrogens is 2. The maximum Gasteiger partial charge on any atom is 0.341 e. The van der Waals surface area contributed by atoms with E-state index >= 15 is 0 Å². The number of esters is 1. The van der Waals surface area contributed by atoms with Crippen LogP contribution in [0.2, 0.25) is 0 Å². The lowest BCUT2D eigenvalue weighted by molar-refractivity contribution is 0.0525. The van der Waals surface area contributed by atoms with Gasteiger partial charge in [-0.1, -0.05) is 0 Å². The Labute approximate surface area is 185 Å². The van der Waals surface area contributed by atoms with Crippen molar-refractivity contribution in [3.05, 3.63) is 77.1 Å². The van der Waals surface area contributed by atoms with E-state index < -0.39 is 17.8 Å². The van der Waals surface area contributed by atoms with Crippen molar-refractivity contribution in [2.45, 2.75) is 20.8 Å². The minimum atomic E-state index is -0.472. The van der Waals surface area contributed by atoms with Crippen LogP contribution in [0.5, 0.6) is 5.75 Å². The van der Waals surface area contributed by atoms with E-state index in [1.54, 1.807) is 67.1 Å². The Balaban J connectivity index is 1.62. The van der Waals surface area contributed by atoms with Crippen molar-refractivity contribution in [2.75, 3.05) is 13.2 Å². The number of rotatable bonds is 7. The summed E-state index contributed by atoms with van der Waals surface area (Å²) >= 11 is 0. The molecule has 0 radical (unpaired) electrons. The highest BCUT2D eigenvalue weighted by atomic mass is 16.5. The Hall–Kier alpha value is -4.14. The summed E-state index contributed by atoms with van der Waals surface area (Å²) in [7, 11) is 0. The molecule has 3 aromatic rings. The molecule has 0 aliphatic heterocycles. The summed E-state index contributed by atoms with van der Waals surface area (Å²) in [4.78, 5) is 36.5. The first-order chi connectivity index (χ1) is 15.4. The summed E-state index contributed by atoms with van der Waals surface area (Å²) < 4.78 is 11.9. The number of hydrazine groups is 1. The van der Waals surface area contributed by atoms with Crippen molar-refractivity contribution in [1.29, 1.82) is 0 Å². The monoisotopic (exact) mass is 436 g/mol. The van der Waals surface area contributed by atoms with Crippen LogP contribution in [0.25, 0.3) is 5.69 Å². The summed E-state index contributed by atoms with van der Waals surface area (Å²) in [6, 6.07) is 13.2. The van der Waals surface area contributed by atoms with Crippen LogP contribution in [0.15, 0.2) is 54.7 Å². The first-order valence-electron chi connectivity index (χ1n) is 10.1. The molecule has 2 aromatic carbocycles. The summed E-state index contributed by atoms with van der Waals surface area (Å²) in [5, 5.41) is 4.22. The number of carbonyl (C=O) groups excluding carboxylic acids is 3. The largest absolute Gasteiger partial charge is 0.494 e. The van der Waals surface area contributed by atoms with E-state index in [4.69, 9.17) is 9.47 Å². The van der Waals surface area contributed by atoms with Gasteiger partial charge in [0, 0.05) is 11.1 Å². The average Bonchev–Trinajstić information content (AvgIpc) is 3.19. The molecule has 0 aliphatic rings. The van der Waals surface area contributed by atoms with E-state index in [1.165, 1.54) is 6.20 Å². The van der Waals surface area contributed by atoms with Crippen LogP contribution < -0.4 is 15.6 Å². The van der Waals surface area contributed by atoms with E-state index in [9.17, 15) is 14.4 Å². The van der Waals surface area contributed by atoms with Gasteiger partial charge in [-0.25, -0.2) is 9.48 Å². The lowest BCUT2D eigenvalue weighted by Gasteiger charge is -2.09. The van der Waals surface area contributed by atoms with Crippen molar-refractivity contribution in [1.82, 2.24) is 20.6 Å². The molecule has 0 spiro atoms. The van der Waals surface area contributed by atoms with Crippen LogP contribution in [0, 0.1) is 6.92 Å². The van der Waals surface area contributed by atoms with E-state index in [0.29, 0.717) is 40.4 Å². The number of hydrogen-bond acceptors (Lipinski definition) is 6. The zero-order valence-corrected chi connectivity index (χ0v) is 18.0. The molecule has 0 fully saturated rings. The van der Waals surface area contributed by atoms with Gasteiger partial charge in [0.05, 0.1) is 30.8 Å². The zero-order chi connectivity index (χ0) is 23.1. The van der Waals surface area contributed by atoms with Crippen LogP contribution in [0.3, 0.4) is 0 Å². The third-order valence-electron chi connectivity index (χ3n) is 4.60. The molecule has 166 valence electrons. The van der Waals surface area contributed by atoms with Gasteiger partial charge in [0.1, 0.15) is 11.3 Å². The predicted octanol–water partition coefficient (Wildman–Crippen LogP) is 2.83. The molecule has 0 saturated heterocycles. The maximum absolute atomic E-state index is 12.4. The third-order valence-corrected chi connectivity index (χ3v) is 4.60. The SMILES string of the molecule is CCOC(=O)c1cnn(-c2ccc(C(=O)NNC(=O)c3ccc(OCC)cc3)cc2)c1C. The van der Waals surface area contributed by atoms with Crippen molar-refractivity contribution >= 4 is 17.8 Å². The van der Waals surface area contributed by atoms with Gasteiger partial charge in [-0.05, 0) is 69.3 Å². The first-order valence-corrected chi connectivity index (χ1v) is 10.1. The smallest absolute Gasteiger partial charge is 0.341 e. The highest BCUT2D eigenvalue weighted by Gasteiger charge is 2.16. The summed E-state index contributed by atoms with van der Waals surface area (Å²) in [6.45, 7) is 6.19. The van der Waals surface area contributed by atoms with Gasteiger partial charge in [-0.3, -0.25) is 20.4 Å². The molecule has 32 heavy (non-hydrogen) atoms. The van der Waals surface area contributed by atoms with Crippen LogP contribution in [-0.4, -0.2) is 40.8 Å². The summed E-state index contributed by atoms with van der Waals surface area (Å²) in [6.07, 6.45) is 1.45. The number of nitrogens with one attached hydrogen (secondary N) is 2. The fourth-order valence-electron chi connectivity index (χ4n) is 2.96. The Bertz CT molecular complexity index is 1100. The number of benzene rings is 2. The topological polar surface area (TPSA) is 112 Å². The fourth-order valence-corrected chi connectivity index (χ4v) is 2.96. The van der Waals surface area contributed by atoms with Crippen LogP contribution in [0.1, 0.15) is 50.6 Å². The summed E-state index contributed by atoms with van der Waals surface area (Å²) in [5.74, 6) is -0.692. The molecule has 0 bridgehead atoms. The fraction of sp³-hybridized carbons (Fsp3) is 0.217. The van der Waals surface area contributed by atoms with Gasteiger partial charge in [0.25, 0.3) is 11.8 Å². The van der Waals surface area contributed by atoms with Gasteiger partial charge in [-0.2, -0.15) is 5.10 Å². The van der Waals surface area contributed by atoms with Crippen molar-refractivity contribution in [3.63, 3.8) is 0 Å². The molecule has 9 nitrogen and oxygen atoms in total. The highest BCUT2D eigenvalue weighted by Crippen LogP contribution is 2.16. The Morgan fingerprint density at radius 1 is 0.875 bits per heavy atom. The molecule has 2 N–H and O–H groups in total. The molecule has 1 heterocycles. The first kappa shape index (κ1) is 22.5. The molecule has 0 unspecified atom stereocenters. The Morgan fingerprint density at radius 2 is 1.44 bits per heavy atom. The Kier molecular flexibility index (Phi) is 7.22. The molecule has 2 amide bonds. The average molecular weight is 436 g/mol. The second-order valence-electron chi connectivity index (χ2n) is 6.69. The molecular weight excluding hydrogens is 412 g/mol. The van der Waals surface area contributed by atoms with E-state index in [0.717, 1.165) is 0 Å². The van der Waals surface area contributed by atoms with E-state index in [1.807, 2.05) is 6.92 Å². The van der Waals surface area contributed by atoms with Crippen LogP contribution in [0.4, 0.5) is 0 Å². The van der Waals surface area contributed by atoms with Gasteiger partial charge in [0.2, 0.25) is 0 Å². The normalized spacial score (nSPS) is 10.3. The van der Waals surface area contributed by atoms with Crippen molar-refractivity contribution in [2.24, 2.45) is 0 Å². The van der Waals surface area contributed by atoms with Gasteiger partial charge in [-0.15, -0.1) is 0 Å². The number of hydrogen-bond donors (Lipinski definition) is 2. The third kappa shape index (κ3) is 5.12. The number of amides is 2. The lowest BCUT2D eigenvalue weighted by atomic mass is 10.2. The zero-order valence-electron chi connectivity index (χ0n) is 18.0. The molecule has 9 heteroatoms. The molecule has 0 aliphatic carbocycles. The standard InChI is InChI=1S/C23H24N4O5/c1-4-31-19-12-8-17(9-13-19)22(29)26-25-21(28)16-6-10-18(11-7-16)27-15(3)20(14-24-27)23(30)32-5-2/h6-14H,4-5H2,1-3H3,(H,25,28)(H,26,29). The lowest BCUT2D eigenvalue weighted by Crippen LogP contribution is -2.41. The van der Waals surface area contributed by atoms with Crippen molar-refractivity contribution < 1.29 is 23.9 Å². The molecule has 0 atom stereocenters. The van der Waals surface area contributed by atoms with Crippen LogP contribution >= 0.6 is 0 Å². The number of carbonyl (C=O) groups is 3. The number of nitrogens with zero attached hydrogens (tertiary/aromatic N) is 2. The molecule has 3 rings (SSSR count). The van der Waals surface area contributed by atoms with E-state index in [-0.39, 0.29) is 6.61 Å². The molecular formula is C23H24N4O5. The molecule has 0 saturated carbocycles. The van der Waals surface area contributed by atoms with Gasteiger partial charge >= 0.3 is 5.97 Å². The second kappa shape index (κ2) is 10.3. The minimum absolute atomic E-state index is 0.280. The van der Waals surface area contributed by atoms with Crippen molar-refractivity contribution in [3.8, 4) is 11.4 Å². The highest BCUT2D eigenvalue weighted by molar-refractivity contribution is 5.99. The Morgan fingerprint density at radius 3 is 1.97 bits per heavy atom. The van der Waals surface area contributed by atoms with Gasteiger partial charge in [0.15, 0.2) is 0 Å². The quantitative estimate of drug-likeness (QED) is 0.435. The predicted molar refractivity (Wildman–Crippen MR) is 117 cm³/mol. The summed E-state index contributed by atoms with van der Waals surface area (Å²) in [5.41, 5.74) is 7.18. The molecule has 1 aromatic heterocycles. The number of ether oxygens (including phenoxy) is 2. The maximum atomic E-state index is 12.4. The van der Waals surface area contributed by atoms with Crippen LogP contribution in [-0.2, 0) is 4.74 Å². The van der Waals surface area contributed by atoms with Gasteiger partial charge < -0.3 is 9.47 Å². The second-order valence-corrected chi connectivity index (χ2v) is 6.69. The van der Waals surface area contributed by atoms with E-state index in [2.05, 4.69) is 16.0 Å².